The second-order valence-electron chi connectivity index (χ2n) is 7.99. The van der Waals surface area contributed by atoms with E-state index in [0.717, 1.165) is 56.0 Å². The zero-order valence-electron chi connectivity index (χ0n) is 16.2. The van der Waals surface area contributed by atoms with Gasteiger partial charge >= 0.3 is 0 Å². The van der Waals surface area contributed by atoms with E-state index in [1.54, 1.807) is 11.3 Å². The average molecular weight is 384 g/mol. The van der Waals surface area contributed by atoms with Gasteiger partial charge in [0.1, 0.15) is 0 Å². The highest BCUT2D eigenvalue weighted by molar-refractivity contribution is 7.09. The van der Waals surface area contributed by atoms with Crippen LogP contribution in [0.2, 0.25) is 0 Å². The molecule has 1 aromatic heterocycles. The molecule has 1 unspecified atom stereocenters. The smallest absolute Gasteiger partial charge is 0.223 e. The van der Waals surface area contributed by atoms with Gasteiger partial charge in [0, 0.05) is 30.4 Å². The predicted molar refractivity (Wildman–Crippen MR) is 110 cm³/mol. The van der Waals surface area contributed by atoms with E-state index in [9.17, 15) is 4.79 Å². The lowest BCUT2D eigenvalue weighted by Gasteiger charge is -2.38. The Hall–Kier alpha value is -1.72. The molecule has 0 aliphatic carbocycles. The van der Waals surface area contributed by atoms with Crippen molar-refractivity contribution in [3.8, 4) is 0 Å². The summed E-state index contributed by atoms with van der Waals surface area (Å²) >= 11 is 1.68. The summed E-state index contributed by atoms with van der Waals surface area (Å²) in [5.74, 6) is 0.318. The maximum Gasteiger partial charge on any atom is 0.223 e. The minimum Gasteiger partial charge on any atom is -0.331 e. The minimum absolute atomic E-state index is 0.0517. The fourth-order valence-corrected chi connectivity index (χ4v) is 5.29. The third kappa shape index (κ3) is 4.25. The Morgan fingerprint density at radius 3 is 2.78 bits per heavy atom. The summed E-state index contributed by atoms with van der Waals surface area (Å²) in [6.07, 6.45) is 6.22. The van der Waals surface area contributed by atoms with Gasteiger partial charge in [-0.1, -0.05) is 30.3 Å². The van der Waals surface area contributed by atoms with Crippen molar-refractivity contribution in [2.75, 3.05) is 19.6 Å². The van der Waals surface area contributed by atoms with Crippen molar-refractivity contribution in [1.82, 2.24) is 14.8 Å². The highest BCUT2D eigenvalue weighted by Gasteiger charge is 2.45. The minimum atomic E-state index is 0.0517. The van der Waals surface area contributed by atoms with Crippen molar-refractivity contribution >= 4 is 17.2 Å². The molecule has 1 aromatic carbocycles. The van der Waals surface area contributed by atoms with Crippen molar-refractivity contribution in [3.63, 3.8) is 0 Å². The summed E-state index contributed by atoms with van der Waals surface area (Å²) in [5, 5.41) is 3.19. The number of carbonyl (C=O) groups excluding carboxylic acids is 1. The molecule has 1 atom stereocenters. The molecule has 1 spiro atoms. The third-order valence-corrected chi connectivity index (χ3v) is 7.06. The molecule has 2 fully saturated rings. The molecule has 144 valence electrons. The monoisotopic (exact) mass is 383 g/mol. The maximum absolute atomic E-state index is 12.7. The highest BCUT2D eigenvalue weighted by atomic mass is 32.1. The Kier molecular flexibility index (Phi) is 5.60. The molecule has 0 radical (unpaired) electrons. The van der Waals surface area contributed by atoms with Crippen LogP contribution in [-0.4, -0.2) is 45.9 Å². The van der Waals surface area contributed by atoms with Crippen LogP contribution in [0.5, 0.6) is 0 Å². The summed E-state index contributed by atoms with van der Waals surface area (Å²) in [4.78, 5) is 22.0. The standard InChI is InChI=1S/C22H29N3OS/c1-18-23-20(17-27-18)16-25-21(26)8-11-22(25)10-5-13-24(15-12-22)14-9-19-6-3-2-4-7-19/h2-4,6-7,17H,5,8-16H2,1H3. The fourth-order valence-electron chi connectivity index (χ4n) is 4.68. The van der Waals surface area contributed by atoms with E-state index in [1.807, 2.05) is 6.92 Å². The molecule has 0 N–H and O–H groups in total. The number of thiazole rings is 1. The molecular formula is C22H29N3OS. The number of likely N-dealkylation sites (tertiary alicyclic amines) is 2. The van der Waals surface area contributed by atoms with Crippen molar-refractivity contribution < 1.29 is 4.79 Å². The Bertz CT molecular complexity index is 775. The third-order valence-electron chi connectivity index (χ3n) is 6.23. The van der Waals surface area contributed by atoms with Gasteiger partial charge in [0.25, 0.3) is 0 Å². The van der Waals surface area contributed by atoms with Crippen LogP contribution in [0.4, 0.5) is 0 Å². The molecule has 5 heteroatoms. The molecule has 4 rings (SSSR count). The van der Waals surface area contributed by atoms with E-state index >= 15 is 0 Å². The quantitative estimate of drug-likeness (QED) is 0.782. The van der Waals surface area contributed by atoms with Gasteiger partial charge in [0.2, 0.25) is 5.91 Å². The van der Waals surface area contributed by atoms with E-state index in [1.165, 1.54) is 12.0 Å². The van der Waals surface area contributed by atoms with E-state index in [2.05, 4.69) is 50.5 Å². The summed E-state index contributed by atoms with van der Waals surface area (Å²) in [5.41, 5.74) is 2.51. The van der Waals surface area contributed by atoms with E-state index in [4.69, 9.17) is 0 Å². The van der Waals surface area contributed by atoms with Crippen molar-refractivity contribution in [3.05, 3.63) is 52.0 Å². The van der Waals surface area contributed by atoms with Gasteiger partial charge in [0.15, 0.2) is 0 Å². The molecule has 2 aliphatic heterocycles. The number of hydrogen-bond donors (Lipinski definition) is 0. The van der Waals surface area contributed by atoms with Gasteiger partial charge in [-0.05, 0) is 51.1 Å². The predicted octanol–water partition coefficient (Wildman–Crippen LogP) is 4.04. The Balaban J connectivity index is 1.40. The maximum atomic E-state index is 12.7. The molecule has 0 saturated carbocycles. The number of hydrogen-bond acceptors (Lipinski definition) is 4. The van der Waals surface area contributed by atoms with Crippen LogP contribution < -0.4 is 0 Å². The van der Waals surface area contributed by atoms with Crippen LogP contribution in [-0.2, 0) is 17.8 Å². The Morgan fingerprint density at radius 1 is 1.15 bits per heavy atom. The van der Waals surface area contributed by atoms with E-state index in [0.29, 0.717) is 18.9 Å². The second kappa shape index (κ2) is 8.11. The van der Waals surface area contributed by atoms with Crippen LogP contribution >= 0.6 is 11.3 Å². The van der Waals surface area contributed by atoms with Gasteiger partial charge in [-0.25, -0.2) is 4.98 Å². The van der Waals surface area contributed by atoms with Crippen LogP contribution in [0.25, 0.3) is 0 Å². The summed E-state index contributed by atoms with van der Waals surface area (Å²) in [6.45, 7) is 6.07. The first kappa shape index (κ1) is 18.6. The van der Waals surface area contributed by atoms with Crippen molar-refractivity contribution in [1.29, 1.82) is 0 Å². The molecule has 2 aromatic rings. The summed E-state index contributed by atoms with van der Waals surface area (Å²) in [6, 6.07) is 10.7. The van der Waals surface area contributed by atoms with Gasteiger partial charge in [0.05, 0.1) is 17.2 Å². The lowest BCUT2D eigenvalue weighted by Crippen LogP contribution is -2.46. The topological polar surface area (TPSA) is 36.4 Å². The number of rotatable bonds is 5. The number of carbonyl (C=O) groups is 1. The lowest BCUT2D eigenvalue weighted by atomic mass is 9.87. The SMILES string of the molecule is Cc1nc(CN2C(=O)CCC23CCCN(CCc2ccccc2)CC3)cs1. The number of aryl methyl sites for hydroxylation is 1. The number of aromatic nitrogens is 1. The van der Waals surface area contributed by atoms with Crippen LogP contribution in [0.3, 0.4) is 0 Å². The van der Waals surface area contributed by atoms with Gasteiger partial charge in [-0.15, -0.1) is 11.3 Å². The highest BCUT2D eigenvalue weighted by Crippen LogP contribution is 2.40. The number of nitrogens with zero attached hydrogens (tertiary/aromatic N) is 3. The summed E-state index contributed by atoms with van der Waals surface area (Å²) < 4.78 is 0. The Morgan fingerprint density at radius 2 is 2.00 bits per heavy atom. The molecule has 2 saturated heterocycles. The Labute approximate surface area is 166 Å². The fraction of sp³-hybridized carbons (Fsp3) is 0.545. The first-order valence-corrected chi connectivity index (χ1v) is 11.0. The molecule has 4 nitrogen and oxygen atoms in total. The normalized spacial score (nSPS) is 23.9. The second-order valence-corrected chi connectivity index (χ2v) is 9.06. The van der Waals surface area contributed by atoms with Gasteiger partial charge in [-0.2, -0.15) is 0 Å². The van der Waals surface area contributed by atoms with Crippen molar-refractivity contribution in [2.24, 2.45) is 0 Å². The largest absolute Gasteiger partial charge is 0.331 e. The summed E-state index contributed by atoms with van der Waals surface area (Å²) in [7, 11) is 0. The lowest BCUT2D eigenvalue weighted by molar-refractivity contribution is -0.132. The van der Waals surface area contributed by atoms with Gasteiger partial charge in [-0.3, -0.25) is 4.79 Å². The van der Waals surface area contributed by atoms with Crippen LogP contribution in [0.1, 0.15) is 48.4 Å². The molecular weight excluding hydrogens is 354 g/mol. The molecule has 2 aliphatic rings. The molecule has 1 amide bonds. The number of amides is 1. The number of benzene rings is 1. The molecule has 27 heavy (non-hydrogen) atoms. The first-order valence-electron chi connectivity index (χ1n) is 10.1. The zero-order valence-corrected chi connectivity index (χ0v) is 17.0. The zero-order chi connectivity index (χ0) is 18.7. The molecule has 0 bridgehead atoms. The first-order chi connectivity index (χ1) is 13.1. The van der Waals surface area contributed by atoms with Crippen LogP contribution in [0, 0.1) is 6.92 Å². The van der Waals surface area contributed by atoms with Crippen LogP contribution in [0.15, 0.2) is 35.7 Å². The van der Waals surface area contributed by atoms with E-state index in [-0.39, 0.29) is 5.54 Å². The molecule has 3 heterocycles. The van der Waals surface area contributed by atoms with E-state index < -0.39 is 0 Å². The van der Waals surface area contributed by atoms with Gasteiger partial charge < -0.3 is 9.80 Å². The average Bonchev–Trinajstić information content (AvgIpc) is 3.14. The van der Waals surface area contributed by atoms with Crippen molar-refractivity contribution in [2.45, 2.75) is 57.5 Å².